The maximum Gasteiger partial charge on any atom is 0.127 e. The van der Waals surface area contributed by atoms with Crippen LogP contribution in [0.15, 0.2) is 0 Å². The zero-order valence-corrected chi connectivity index (χ0v) is 9.42. The van der Waals surface area contributed by atoms with Crippen LogP contribution in [0.3, 0.4) is 0 Å². The van der Waals surface area contributed by atoms with Gasteiger partial charge in [0.1, 0.15) is 5.82 Å². The largest absolute Gasteiger partial charge is 0.384 e. The maximum atomic E-state index is 6.10. The van der Waals surface area contributed by atoms with Gasteiger partial charge < -0.3 is 10.5 Å². The lowest BCUT2D eigenvalue weighted by atomic mass is 10.1. The van der Waals surface area contributed by atoms with E-state index in [1.54, 1.807) is 0 Å². The van der Waals surface area contributed by atoms with Crippen LogP contribution in [0.2, 0.25) is 0 Å². The van der Waals surface area contributed by atoms with Crippen molar-refractivity contribution in [1.29, 1.82) is 0 Å². The first-order valence-corrected chi connectivity index (χ1v) is 6.53. The van der Waals surface area contributed by atoms with Gasteiger partial charge in [0.15, 0.2) is 0 Å². The van der Waals surface area contributed by atoms with Crippen molar-refractivity contribution in [3.8, 4) is 0 Å². The maximum absolute atomic E-state index is 6.10. The molecule has 1 aromatic heterocycles. The molecule has 4 nitrogen and oxygen atoms in total. The van der Waals surface area contributed by atoms with Crippen molar-refractivity contribution in [3.63, 3.8) is 0 Å². The summed E-state index contributed by atoms with van der Waals surface area (Å²) in [6.07, 6.45) is 2.38. The molecule has 0 bridgehead atoms. The van der Waals surface area contributed by atoms with E-state index in [9.17, 15) is 0 Å². The molecule has 0 saturated carbocycles. The number of hydrogen-bond donors (Lipinski definition) is 1. The van der Waals surface area contributed by atoms with Crippen LogP contribution in [0.5, 0.6) is 0 Å². The van der Waals surface area contributed by atoms with Crippen molar-refractivity contribution in [2.75, 3.05) is 17.2 Å². The number of anilines is 1. The Bertz CT molecular complexity index is 371. The number of nitrogen functional groups attached to an aromatic ring is 1. The zero-order chi connectivity index (χ0) is 10.3. The lowest BCUT2D eigenvalue weighted by molar-refractivity contribution is 0.130. The standard InChI is InChI=1S/C10H15N3OS/c11-10-8-5-14-6-9(8)12-13(10)7-1-3-15-4-2-7/h7H,1-6,11H2. The molecular formula is C10H15N3OS. The molecule has 5 heteroatoms. The minimum atomic E-state index is 0.511. The number of hydrogen-bond acceptors (Lipinski definition) is 4. The smallest absolute Gasteiger partial charge is 0.127 e. The fraction of sp³-hybridized carbons (Fsp3) is 0.700. The van der Waals surface area contributed by atoms with Crippen molar-refractivity contribution in [1.82, 2.24) is 9.78 Å². The molecule has 0 aliphatic carbocycles. The predicted molar refractivity (Wildman–Crippen MR) is 60.7 cm³/mol. The highest BCUT2D eigenvalue weighted by molar-refractivity contribution is 7.99. The highest BCUT2D eigenvalue weighted by Crippen LogP contribution is 2.32. The third-order valence-corrected chi connectivity index (χ3v) is 4.20. The van der Waals surface area contributed by atoms with E-state index in [0.29, 0.717) is 19.3 Å². The number of nitrogens with zero attached hydrogens (tertiary/aromatic N) is 2. The molecule has 0 atom stereocenters. The Kier molecular flexibility index (Phi) is 2.36. The van der Waals surface area contributed by atoms with Crippen molar-refractivity contribution < 1.29 is 4.74 Å². The van der Waals surface area contributed by atoms with Gasteiger partial charge in [0.25, 0.3) is 0 Å². The summed E-state index contributed by atoms with van der Waals surface area (Å²) in [5, 5.41) is 4.57. The molecule has 0 radical (unpaired) electrons. The van der Waals surface area contributed by atoms with Gasteiger partial charge in [-0.3, -0.25) is 0 Å². The number of thioether (sulfide) groups is 1. The first kappa shape index (κ1) is 9.54. The van der Waals surface area contributed by atoms with E-state index >= 15 is 0 Å². The monoisotopic (exact) mass is 225 g/mol. The Morgan fingerprint density at radius 3 is 2.87 bits per heavy atom. The number of aromatic nitrogens is 2. The van der Waals surface area contributed by atoms with Crippen LogP contribution in [0.4, 0.5) is 5.82 Å². The SMILES string of the molecule is Nc1c2c(nn1C1CCSCC1)COC2. The topological polar surface area (TPSA) is 53.1 Å². The first-order chi connectivity index (χ1) is 7.36. The van der Waals surface area contributed by atoms with E-state index in [4.69, 9.17) is 10.5 Å². The summed E-state index contributed by atoms with van der Waals surface area (Å²) in [4.78, 5) is 0. The molecular weight excluding hydrogens is 210 g/mol. The first-order valence-electron chi connectivity index (χ1n) is 5.37. The van der Waals surface area contributed by atoms with Crippen molar-refractivity contribution in [3.05, 3.63) is 11.3 Å². The minimum absolute atomic E-state index is 0.511. The predicted octanol–water partition coefficient (Wildman–Crippen LogP) is 1.56. The van der Waals surface area contributed by atoms with Gasteiger partial charge in [-0.15, -0.1) is 0 Å². The molecule has 0 spiro atoms. The average Bonchev–Trinajstić information content (AvgIpc) is 2.83. The van der Waals surface area contributed by atoms with Gasteiger partial charge in [-0.1, -0.05) is 0 Å². The van der Waals surface area contributed by atoms with Crippen molar-refractivity contribution >= 4 is 17.6 Å². The van der Waals surface area contributed by atoms with Gasteiger partial charge in [0.2, 0.25) is 0 Å². The van der Waals surface area contributed by atoms with Crippen LogP contribution >= 0.6 is 11.8 Å². The number of rotatable bonds is 1. The second-order valence-corrected chi connectivity index (χ2v) is 5.32. The van der Waals surface area contributed by atoms with Gasteiger partial charge in [0, 0.05) is 5.56 Å². The molecule has 1 fully saturated rings. The van der Waals surface area contributed by atoms with Crippen LogP contribution in [0, 0.1) is 0 Å². The summed E-state index contributed by atoms with van der Waals surface area (Å²) in [5.74, 6) is 3.29. The van der Waals surface area contributed by atoms with Crippen molar-refractivity contribution in [2.45, 2.75) is 32.1 Å². The van der Waals surface area contributed by atoms with Crippen LogP contribution in [0.1, 0.15) is 30.1 Å². The third kappa shape index (κ3) is 1.54. The molecule has 0 unspecified atom stereocenters. The van der Waals surface area contributed by atoms with Gasteiger partial charge in [-0.2, -0.15) is 16.9 Å². The molecule has 2 aliphatic heterocycles. The second kappa shape index (κ2) is 3.72. The summed E-state index contributed by atoms with van der Waals surface area (Å²) >= 11 is 2.02. The van der Waals surface area contributed by atoms with Gasteiger partial charge in [-0.25, -0.2) is 4.68 Å². The molecule has 0 amide bonds. The lowest BCUT2D eigenvalue weighted by Crippen LogP contribution is -2.18. The lowest BCUT2D eigenvalue weighted by Gasteiger charge is -2.23. The molecule has 0 aromatic carbocycles. The summed E-state index contributed by atoms with van der Waals surface area (Å²) in [6.45, 7) is 1.27. The fourth-order valence-electron chi connectivity index (χ4n) is 2.26. The molecule has 82 valence electrons. The van der Waals surface area contributed by atoms with Crippen molar-refractivity contribution in [2.24, 2.45) is 0 Å². The van der Waals surface area contributed by atoms with E-state index in [0.717, 1.165) is 17.1 Å². The Hall–Kier alpha value is -0.680. The van der Waals surface area contributed by atoms with Crippen LogP contribution in [-0.4, -0.2) is 21.3 Å². The van der Waals surface area contributed by atoms with Crippen LogP contribution < -0.4 is 5.73 Å². The highest BCUT2D eigenvalue weighted by Gasteiger charge is 2.25. The number of nitrogens with two attached hydrogens (primary N) is 1. The quantitative estimate of drug-likeness (QED) is 0.788. The van der Waals surface area contributed by atoms with E-state index in [1.807, 2.05) is 16.4 Å². The average molecular weight is 225 g/mol. The Morgan fingerprint density at radius 1 is 1.33 bits per heavy atom. The molecule has 2 N–H and O–H groups in total. The summed E-state index contributed by atoms with van der Waals surface area (Å²) in [5.41, 5.74) is 8.26. The van der Waals surface area contributed by atoms with Crippen LogP contribution in [0.25, 0.3) is 0 Å². The number of ether oxygens (including phenoxy) is 1. The third-order valence-electron chi connectivity index (χ3n) is 3.15. The molecule has 15 heavy (non-hydrogen) atoms. The Labute approximate surface area is 93.2 Å². The van der Waals surface area contributed by atoms with E-state index in [1.165, 1.54) is 24.3 Å². The van der Waals surface area contributed by atoms with E-state index in [-0.39, 0.29) is 0 Å². The second-order valence-electron chi connectivity index (χ2n) is 4.09. The highest BCUT2D eigenvalue weighted by atomic mass is 32.2. The molecule has 3 heterocycles. The van der Waals surface area contributed by atoms with Gasteiger partial charge >= 0.3 is 0 Å². The zero-order valence-electron chi connectivity index (χ0n) is 8.61. The summed E-state index contributed by atoms with van der Waals surface area (Å²) < 4.78 is 7.35. The van der Waals surface area contributed by atoms with E-state index in [2.05, 4.69) is 5.10 Å². The van der Waals surface area contributed by atoms with Gasteiger partial charge in [-0.05, 0) is 24.3 Å². The molecule has 1 aromatic rings. The normalized spacial score (nSPS) is 21.9. The van der Waals surface area contributed by atoms with Crippen LogP contribution in [-0.2, 0) is 18.0 Å². The van der Waals surface area contributed by atoms with Gasteiger partial charge in [0.05, 0.1) is 24.9 Å². The van der Waals surface area contributed by atoms with E-state index < -0.39 is 0 Å². The summed E-state index contributed by atoms with van der Waals surface area (Å²) in [6, 6.07) is 0.511. The fourth-order valence-corrected chi connectivity index (χ4v) is 3.34. The molecule has 2 aliphatic rings. The number of fused-ring (bicyclic) bond motifs is 1. The molecule has 3 rings (SSSR count). The Balaban J connectivity index is 1.91. The Morgan fingerprint density at radius 2 is 2.13 bits per heavy atom. The summed E-state index contributed by atoms with van der Waals surface area (Å²) in [7, 11) is 0. The molecule has 1 saturated heterocycles. The minimum Gasteiger partial charge on any atom is -0.384 e.